The minimum atomic E-state index is -3.57. The Labute approximate surface area is 101 Å². The van der Waals surface area contributed by atoms with Crippen LogP contribution in [0, 0.1) is 12.7 Å². The molecule has 0 aliphatic carbocycles. The van der Waals surface area contributed by atoms with E-state index >= 15 is 0 Å². The largest absolute Gasteiger partial charge is 0.328 e. The van der Waals surface area contributed by atoms with Crippen molar-refractivity contribution in [3.05, 3.63) is 29.6 Å². The molecular formula is C11H17FN2O2S. The van der Waals surface area contributed by atoms with Gasteiger partial charge in [-0.25, -0.2) is 17.5 Å². The summed E-state index contributed by atoms with van der Waals surface area (Å²) in [6.45, 7) is 3.60. The molecule has 0 fully saturated rings. The number of rotatable bonds is 5. The first-order chi connectivity index (χ1) is 7.83. The number of halogens is 1. The predicted molar refractivity (Wildman–Crippen MR) is 64.6 cm³/mol. The highest BCUT2D eigenvalue weighted by atomic mass is 32.2. The quantitative estimate of drug-likeness (QED) is 0.834. The second-order valence-corrected chi connectivity index (χ2v) is 5.84. The highest BCUT2D eigenvalue weighted by Crippen LogP contribution is 2.13. The van der Waals surface area contributed by atoms with Crippen LogP contribution < -0.4 is 10.5 Å². The van der Waals surface area contributed by atoms with Gasteiger partial charge in [-0.2, -0.15) is 0 Å². The molecule has 0 aromatic heterocycles. The van der Waals surface area contributed by atoms with Gasteiger partial charge in [0, 0.05) is 12.6 Å². The Hall–Kier alpha value is -0.980. The molecule has 0 saturated carbocycles. The van der Waals surface area contributed by atoms with Crippen molar-refractivity contribution in [3.63, 3.8) is 0 Å². The average Bonchev–Trinajstić information content (AvgIpc) is 2.21. The van der Waals surface area contributed by atoms with Gasteiger partial charge in [0.25, 0.3) is 0 Å². The molecule has 0 heterocycles. The standard InChI is InChI=1S/C11H17FN2O2S/c1-8-7-10(3-4-11(8)12)17(15,16)14-6-5-9(2)13/h3-4,7,9,14H,5-6,13H2,1-2H3. The Morgan fingerprint density at radius 3 is 2.65 bits per heavy atom. The normalized spacial score (nSPS) is 13.6. The van der Waals surface area contributed by atoms with E-state index in [1.807, 2.05) is 0 Å². The Morgan fingerprint density at radius 1 is 1.47 bits per heavy atom. The van der Waals surface area contributed by atoms with Gasteiger partial charge in [-0.1, -0.05) is 0 Å². The van der Waals surface area contributed by atoms with Crippen LogP contribution in [-0.2, 0) is 10.0 Å². The first kappa shape index (κ1) is 14.1. The molecule has 0 aliphatic rings. The topological polar surface area (TPSA) is 72.2 Å². The van der Waals surface area contributed by atoms with E-state index in [4.69, 9.17) is 5.73 Å². The van der Waals surface area contributed by atoms with E-state index in [0.29, 0.717) is 12.0 Å². The van der Waals surface area contributed by atoms with Crippen molar-refractivity contribution in [1.29, 1.82) is 0 Å². The molecule has 3 N–H and O–H groups in total. The molecular weight excluding hydrogens is 243 g/mol. The van der Waals surface area contributed by atoms with Crippen LogP contribution in [0.4, 0.5) is 4.39 Å². The number of hydrogen-bond acceptors (Lipinski definition) is 3. The third-order valence-corrected chi connectivity index (χ3v) is 3.79. The second-order valence-electron chi connectivity index (χ2n) is 4.07. The summed E-state index contributed by atoms with van der Waals surface area (Å²) in [5, 5.41) is 0. The molecule has 0 radical (unpaired) electrons. The summed E-state index contributed by atoms with van der Waals surface area (Å²) in [7, 11) is -3.57. The molecule has 96 valence electrons. The maximum atomic E-state index is 13.0. The number of benzene rings is 1. The smallest absolute Gasteiger partial charge is 0.240 e. The maximum absolute atomic E-state index is 13.0. The maximum Gasteiger partial charge on any atom is 0.240 e. The van der Waals surface area contributed by atoms with Crippen molar-refractivity contribution >= 4 is 10.0 Å². The molecule has 1 atom stereocenters. The van der Waals surface area contributed by atoms with Gasteiger partial charge in [0.05, 0.1) is 4.90 Å². The molecule has 0 spiro atoms. The lowest BCUT2D eigenvalue weighted by molar-refractivity contribution is 0.570. The van der Waals surface area contributed by atoms with Crippen LogP contribution in [0.1, 0.15) is 18.9 Å². The van der Waals surface area contributed by atoms with Gasteiger partial charge in [0.1, 0.15) is 5.82 Å². The van der Waals surface area contributed by atoms with Gasteiger partial charge in [0.2, 0.25) is 10.0 Å². The van der Waals surface area contributed by atoms with E-state index in [0.717, 1.165) is 6.07 Å². The van der Waals surface area contributed by atoms with Crippen LogP contribution in [0.2, 0.25) is 0 Å². The first-order valence-electron chi connectivity index (χ1n) is 5.34. The minimum absolute atomic E-state index is 0.0624. The van der Waals surface area contributed by atoms with Crippen LogP contribution in [0.5, 0.6) is 0 Å². The summed E-state index contributed by atoms with van der Waals surface area (Å²) in [6.07, 6.45) is 0.555. The number of sulfonamides is 1. The van der Waals surface area contributed by atoms with Gasteiger partial charge in [-0.05, 0) is 44.0 Å². The zero-order chi connectivity index (χ0) is 13.1. The van der Waals surface area contributed by atoms with Crippen molar-refractivity contribution in [2.24, 2.45) is 5.73 Å². The van der Waals surface area contributed by atoms with Crippen molar-refractivity contribution < 1.29 is 12.8 Å². The van der Waals surface area contributed by atoms with Gasteiger partial charge in [-0.3, -0.25) is 0 Å². The average molecular weight is 260 g/mol. The van der Waals surface area contributed by atoms with Gasteiger partial charge < -0.3 is 5.73 Å². The van der Waals surface area contributed by atoms with Gasteiger partial charge in [-0.15, -0.1) is 0 Å². The summed E-state index contributed by atoms with van der Waals surface area (Å²) < 4.78 is 39.0. The number of hydrogen-bond donors (Lipinski definition) is 2. The van der Waals surface area contributed by atoms with Crippen LogP contribution in [-0.4, -0.2) is 21.0 Å². The number of aryl methyl sites for hydroxylation is 1. The highest BCUT2D eigenvalue weighted by molar-refractivity contribution is 7.89. The summed E-state index contributed by atoms with van der Waals surface area (Å²) >= 11 is 0. The van der Waals surface area contributed by atoms with Gasteiger partial charge in [0.15, 0.2) is 0 Å². The lowest BCUT2D eigenvalue weighted by Gasteiger charge is -2.09. The minimum Gasteiger partial charge on any atom is -0.328 e. The first-order valence-corrected chi connectivity index (χ1v) is 6.82. The predicted octanol–water partition coefficient (Wildman–Crippen LogP) is 1.15. The highest BCUT2D eigenvalue weighted by Gasteiger charge is 2.14. The molecule has 0 amide bonds. The fourth-order valence-electron chi connectivity index (χ4n) is 1.29. The van der Waals surface area contributed by atoms with E-state index in [1.165, 1.54) is 19.1 Å². The monoisotopic (exact) mass is 260 g/mol. The third kappa shape index (κ3) is 4.07. The van der Waals surface area contributed by atoms with E-state index in [2.05, 4.69) is 4.72 Å². The van der Waals surface area contributed by atoms with E-state index in [-0.39, 0.29) is 17.5 Å². The van der Waals surface area contributed by atoms with Crippen LogP contribution in [0.15, 0.2) is 23.1 Å². The molecule has 17 heavy (non-hydrogen) atoms. The lowest BCUT2D eigenvalue weighted by Crippen LogP contribution is -2.29. The molecule has 0 aliphatic heterocycles. The Balaban J connectivity index is 2.79. The second kappa shape index (κ2) is 5.57. The molecule has 1 rings (SSSR count). The molecule has 1 aromatic carbocycles. The Kier molecular flexibility index (Phi) is 4.62. The Morgan fingerprint density at radius 2 is 2.12 bits per heavy atom. The van der Waals surface area contributed by atoms with Gasteiger partial charge >= 0.3 is 0 Å². The van der Waals surface area contributed by atoms with E-state index in [1.54, 1.807) is 6.92 Å². The van der Waals surface area contributed by atoms with Crippen LogP contribution in [0.3, 0.4) is 0 Å². The third-order valence-electron chi connectivity index (χ3n) is 2.33. The summed E-state index contributed by atoms with van der Waals surface area (Å²) in [5.41, 5.74) is 5.83. The zero-order valence-electron chi connectivity index (χ0n) is 9.90. The van der Waals surface area contributed by atoms with Crippen molar-refractivity contribution in [2.45, 2.75) is 31.2 Å². The zero-order valence-corrected chi connectivity index (χ0v) is 10.7. The Bertz CT molecular complexity index is 486. The summed E-state index contributed by atoms with van der Waals surface area (Å²) in [6, 6.07) is 3.64. The molecule has 4 nitrogen and oxygen atoms in total. The molecule has 0 bridgehead atoms. The number of nitrogens with one attached hydrogen (secondary N) is 1. The van der Waals surface area contributed by atoms with Crippen molar-refractivity contribution in [2.75, 3.05) is 6.54 Å². The van der Waals surface area contributed by atoms with Crippen LogP contribution in [0.25, 0.3) is 0 Å². The fourth-order valence-corrected chi connectivity index (χ4v) is 2.42. The fraction of sp³-hybridized carbons (Fsp3) is 0.455. The molecule has 6 heteroatoms. The lowest BCUT2D eigenvalue weighted by atomic mass is 10.2. The number of nitrogens with two attached hydrogens (primary N) is 1. The van der Waals surface area contributed by atoms with Crippen molar-refractivity contribution in [3.8, 4) is 0 Å². The van der Waals surface area contributed by atoms with Crippen LogP contribution >= 0.6 is 0 Å². The summed E-state index contributed by atoms with van der Waals surface area (Å²) in [4.78, 5) is 0.0704. The van der Waals surface area contributed by atoms with E-state index < -0.39 is 15.8 Å². The van der Waals surface area contributed by atoms with E-state index in [9.17, 15) is 12.8 Å². The van der Waals surface area contributed by atoms with Crippen molar-refractivity contribution in [1.82, 2.24) is 4.72 Å². The molecule has 1 unspecified atom stereocenters. The summed E-state index contributed by atoms with van der Waals surface area (Å²) in [5.74, 6) is -0.417. The SMILES string of the molecule is Cc1cc(S(=O)(=O)NCCC(C)N)ccc1F. The molecule has 1 aromatic rings. The molecule has 0 saturated heterocycles.